The molecular formula is C12H19N3O3S. The van der Waals surface area contributed by atoms with Gasteiger partial charge in [0.1, 0.15) is 0 Å². The van der Waals surface area contributed by atoms with Crippen LogP contribution in [-0.2, 0) is 11.3 Å². The van der Waals surface area contributed by atoms with E-state index in [-0.39, 0.29) is 12.6 Å². The lowest BCUT2D eigenvalue weighted by atomic mass is 9.88. The van der Waals surface area contributed by atoms with Gasteiger partial charge in [-0.1, -0.05) is 6.92 Å². The van der Waals surface area contributed by atoms with Gasteiger partial charge < -0.3 is 15.7 Å². The summed E-state index contributed by atoms with van der Waals surface area (Å²) in [6.45, 7) is 5.73. The van der Waals surface area contributed by atoms with E-state index in [9.17, 15) is 9.59 Å². The fourth-order valence-electron chi connectivity index (χ4n) is 1.35. The third-order valence-corrected chi connectivity index (χ3v) is 3.85. The van der Waals surface area contributed by atoms with E-state index in [1.807, 2.05) is 12.3 Å². The van der Waals surface area contributed by atoms with Crippen molar-refractivity contribution in [3.05, 3.63) is 16.1 Å². The summed E-state index contributed by atoms with van der Waals surface area (Å²) in [5.41, 5.74) is -0.136. The molecule has 106 valence electrons. The average molecular weight is 285 g/mol. The number of thiazole rings is 1. The largest absolute Gasteiger partial charge is 0.481 e. The standard InChI is InChI=1S/C12H19N3O3S/c1-4-12(3,10(16)17)7-14-11(18)13-5-9-6-19-8(2)15-9/h6H,4-5,7H2,1-3H3,(H,16,17)(H2,13,14,18). The van der Waals surface area contributed by atoms with Crippen molar-refractivity contribution in [3.8, 4) is 0 Å². The van der Waals surface area contributed by atoms with Crippen LogP contribution in [0.5, 0.6) is 0 Å². The number of rotatable bonds is 6. The first kappa shape index (κ1) is 15.4. The normalized spacial score (nSPS) is 13.6. The summed E-state index contributed by atoms with van der Waals surface area (Å²) in [7, 11) is 0. The lowest BCUT2D eigenvalue weighted by molar-refractivity contribution is -0.147. The number of carbonyl (C=O) groups excluding carboxylic acids is 1. The van der Waals surface area contributed by atoms with Crippen LogP contribution in [0.15, 0.2) is 5.38 Å². The maximum atomic E-state index is 11.6. The molecule has 1 atom stereocenters. The monoisotopic (exact) mass is 285 g/mol. The number of amides is 2. The number of nitrogens with zero attached hydrogens (tertiary/aromatic N) is 1. The molecule has 19 heavy (non-hydrogen) atoms. The van der Waals surface area contributed by atoms with Crippen molar-refractivity contribution in [2.75, 3.05) is 6.54 Å². The lowest BCUT2D eigenvalue weighted by Crippen LogP contribution is -2.44. The molecule has 6 nitrogen and oxygen atoms in total. The predicted molar refractivity (Wildman–Crippen MR) is 73.1 cm³/mol. The van der Waals surface area contributed by atoms with E-state index in [4.69, 9.17) is 5.11 Å². The minimum Gasteiger partial charge on any atom is -0.481 e. The Labute approximate surface area is 116 Å². The van der Waals surface area contributed by atoms with Crippen molar-refractivity contribution in [2.45, 2.75) is 33.7 Å². The Bertz CT molecular complexity index is 461. The Morgan fingerprint density at radius 3 is 2.63 bits per heavy atom. The Morgan fingerprint density at radius 1 is 1.47 bits per heavy atom. The van der Waals surface area contributed by atoms with Crippen LogP contribution in [0.2, 0.25) is 0 Å². The van der Waals surface area contributed by atoms with Gasteiger partial charge in [0, 0.05) is 11.9 Å². The molecule has 0 fully saturated rings. The first-order chi connectivity index (χ1) is 8.87. The summed E-state index contributed by atoms with van der Waals surface area (Å²) in [6.07, 6.45) is 0.452. The average Bonchev–Trinajstić information content (AvgIpc) is 2.79. The smallest absolute Gasteiger partial charge is 0.315 e. The summed E-state index contributed by atoms with van der Waals surface area (Å²) in [4.78, 5) is 26.9. The topological polar surface area (TPSA) is 91.3 Å². The summed E-state index contributed by atoms with van der Waals surface area (Å²) in [6, 6.07) is -0.383. The second-order valence-electron chi connectivity index (χ2n) is 4.61. The highest BCUT2D eigenvalue weighted by atomic mass is 32.1. The van der Waals surface area contributed by atoms with Crippen molar-refractivity contribution in [1.82, 2.24) is 15.6 Å². The SMILES string of the molecule is CCC(C)(CNC(=O)NCc1csc(C)n1)C(=O)O. The Kier molecular flexibility index (Phi) is 5.29. The van der Waals surface area contributed by atoms with Crippen molar-refractivity contribution in [3.63, 3.8) is 0 Å². The predicted octanol–water partition coefficient (Wildman–Crippen LogP) is 1.75. The van der Waals surface area contributed by atoms with Crippen LogP contribution in [0.1, 0.15) is 31.0 Å². The molecule has 3 N–H and O–H groups in total. The van der Waals surface area contributed by atoms with Crippen molar-refractivity contribution in [1.29, 1.82) is 0 Å². The van der Waals surface area contributed by atoms with Gasteiger partial charge >= 0.3 is 12.0 Å². The number of aryl methyl sites for hydroxylation is 1. The van der Waals surface area contributed by atoms with Gasteiger partial charge in [-0.3, -0.25) is 4.79 Å². The first-order valence-electron chi connectivity index (χ1n) is 6.03. The molecule has 0 radical (unpaired) electrons. The summed E-state index contributed by atoms with van der Waals surface area (Å²) >= 11 is 1.52. The summed E-state index contributed by atoms with van der Waals surface area (Å²) in [5.74, 6) is -0.912. The number of carboxylic acid groups (broad SMARTS) is 1. The molecule has 0 saturated carbocycles. The van der Waals surface area contributed by atoms with E-state index in [0.29, 0.717) is 13.0 Å². The molecule has 1 rings (SSSR count). The highest BCUT2D eigenvalue weighted by Gasteiger charge is 2.31. The number of carboxylic acids is 1. The van der Waals surface area contributed by atoms with Gasteiger partial charge in [-0.2, -0.15) is 0 Å². The van der Waals surface area contributed by atoms with Crippen LogP contribution in [-0.4, -0.2) is 28.6 Å². The van der Waals surface area contributed by atoms with Gasteiger partial charge in [-0.25, -0.2) is 9.78 Å². The highest BCUT2D eigenvalue weighted by Crippen LogP contribution is 2.19. The Hall–Kier alpha value is -1.63. The molecule has 0 aliphatic carbocycles. The van der Waals surface area contributed by atoms with E-state index < -0.39 is 11.4 Å². The molecule has 1 aromatic heterocycles. The van der Waals surface area contributed by atoms with Crippen LogP contribution in [0, 0.1) is 12.3 Å². The molecule has 0 aliphatic rings. The second kappa shape index (κ2) is 6.51. The van der Waals surface area contributed by atoms with Crippen molar-refractivity contribution < 1.29 is 14.7 Å². The van der Waals surface area contributed by atoms with Crippen LogP contribution < -0.4 is 10.6 Å². The van der Waals surface area contributed by atoms with Crippen LogP contribution >= 0.6 is 11.3 Å². The van der Waals surface area contributed by atoms with Crippen molar-refractivity contribution in [2.24, 2.45) is 5.41 Å². The number of hydrogen-bond acceptors (Lipinski definition) is 4. The van der Waals surface area contributed by atoms with Crippen LogP contribution in [0.4, 0.5) is 4.79 Å². The minimum absolute atomic E-state index is 0.0980. The van der Waals surface area contributed by atoms with Gasteiger partial charge in [-0.15, -0.1) is 11.3 Å². The number of nitrogens with one attached hydrogen (secondary N) is 2. The number of hydrogen-bond donors (Lipinski definition) is 3. The maximum Gasteiger partial charge on any atom is 0.315 e. The Balaban J connectivity index is 2.37. The van der Waals surface area contributed by atoms with E-state index in [0.717, 1.165) is 10.7 Å². The zero-order valence-electron chi connectivity index (χ0n) is 11.3. The fourth-order valence-corrected chi connectivity index (χ4v) is 1.96. The molecule has 0 saturated heterocycles. The molecule has 0 spiro atoms. The molecule has 1 unspecified atom stereocenters. The molecule has 0 aromatic carbocycles. The zero-order valence-corrected chi connectivity index (χ0v) is 12.1. The third-order valence-electron chi connectivity index (χ3n) is 3.03. The number of urea groups is 1. The molecule has 0 bridgehead atoms. The number of aliphatic carboxylic acids is 1. The van der Waals surface area contributed by atoms with E-state index in [1.165, 1.54) is 11.3 Å². The molecule has 1 heterocycles. The van der Waals surface area contributed by atoms with E-state index in [1.54, 1.807) is 13.8 Å². The molecule has 0 aliphatic heterocycles. The fraction of sp³-hybridized carbons (Fsp3) is 0.583. The van der Waals surface area contributed by atoms with E-state index in [2.05, 4.69) is 15.6 Å². The zero-order chi connectivity index (χ0) is 14.5. The van der Waals surface area contributed by atoms with Crippen molar-refractivity contribution >= 4 is 23.3 Å². The van der Waals surface area contributed by atoms with E-state index >= 15 is 0 Å². The van der Waals surface area contributed by atoms with Crippen LogP contribution in [0.3, 0.4) is 0 Å². The summed E-state index contributed by atoms with van der Waals surface area (Å²) in [5, 5.41) is 17.1. The third kappa shape index (κ3) is 4.51. The lowest BCUT2D eigenvalue weighted by Gasteiger charge is -2.23. The summed E-state index contributed by atoms with van der Waals surface area (Å²) < 4.78 is 0. The molecular weight excluding hydrogens is 266 g/mol. The van der Waals surface area contributed by atoms with Gasteiger partial charge in [0.2, 0.25) is 0 Å². The quantitative estimate of drug-likeness (QED) is 0.742. The van der Waals surface area contributed by atoms with Gasteiger partial charge in [0.15, 0.2) is 0 Å². The molecule has 1 aromatic rings. The minimum atomic E-state index is -0.936. The molecule has 7 heteroatoms. The van der Waals surface area contributed by atoms with Gasteiger partial charge in [0.05, 0.1) is 22.7 Å². The number of aromatic nitrogens is 1. The first-order valence-corrected chi connectivity index (χ1v) is 6.91. The van der Waals surface area contributed by atoms with Crippen LogP contribution in [0.25, 0.3) is 0 Å². The van der Waals surface area contributed by atoms with Gasteiger partial charge in [0.25, 0.3) is 0 Å². The molecule has 2 amide bonds. The number of carbonyl (C=O) groups is 2. The highest BCUT2D eigenvalue weighted by molar-refractivity contribution is 7.09. The second-order valence-corrected chi connectivity index (χ2v) is 5.68. The maximum absolute atomic E-state index is 11.6. The Morgan fingerprint density at radius 2 is 2.16 bits per heavy atom. The van der Waals surface area contributed by atoms with Gasteiger partial charge in [-0.05, 0) is 20.3 Å².